The maximum absolute atomic E-state index is 12.2. The average molecular weight is 304 g/mol. The second kappa shape index (κ2) is 6.18. The van der Waals surface area contributed by atoms with Gasteiger partial charge in [-0.05, 0) is 49.1 Å². The highest BCUT2D eigenvalue weighted by molar-refractivity contribution is 7.92. The zero-order chi connectivity index (χ0) is 15.5. The van der Waals surface area contributed by atoms with E-state index >= 15 is 0 Å². The van der Waals surface area contributed by atoms with Crippen LogP contribution in [0.5, 0.6) is 0 Å². The van der Waals surface area contributed by atoms with Crippen molar-refractivity contribution in [2.75, 3.05) is 16.2 Å². The van der Waals surface area contributed by atoms with E-state index in [1.807, 2.05) is 44.2 Å². The molecule has 0 saturated carbocycles. The SMILES string of the molecule is Cc1cc(NS(=O)(=O)CCc2ccccc2)c(C)cc1N. The first-order valence-corrected chi connectivity index (χ1v) is 8.44. The molecular weight excluding hydrogens is 284 g/mol. The van der Waals surface area contributed by atoms with Gasteiger partial charge in [0.05, 0.1) is 11.4 Å². The van der Waals surface area contributed by atoms with Crippen molar-refractivity contribution in [2.24, 2.45) is 0 Å². The molecule has 21 heavy (non-hydrogen) atoms. The highest BCUT2D eigenvalue weighted by Crippen LogP contribution is 2.23. The summed E-state index contributed by atoms with van der Waals surface area (Å²) in [5.41, 5.74) is 9.76. The molecule has 0 amide bonds. The van der Waals surface area contributed by atoms with Crippen molar-refractivity contribution >= 4 is 21.4 Å². The number of nitrogens with two attached hydrogens (primary N) is 1. The molecule has 0 aliphatic heterocycles. The number of rotatable bonds is 5. The number of hydrogen-bond acceptors (Lipinski definition) is 3. The van der Waals surface area contributed by atoms with E-state index in [0.717, 1.165) is 16.7 Å². The topological polar surface area (TPSA) is 72.2 Å². The number of nitrogens with one attached hydrogen (secondary N) is 1. The van der Waals surface area contributed by atoms with Crippen LogP contribution < -0.4 is 10.5 Å². The number of benzene rings is 2. The highest BCUT2D eigenvalue weighted by Gasteiger charge is 2.13. The van der Waals surface area contributed by atoms with Gasteiger partial charge in [-0.15, -0.1) is 0 Å². The summed E-state index contributed by atoms with van der Waals surface area (Å²) >= 11 is 0. The van der Waals surface area contributed by atoms with Crippen molar-refractivity contribution in [1.29, 1.82) is 0 Å². The van der Waals surface area contributed by atoms with Crippen LogP contribution in [0.2, 0.25) is 0 Å². The first-order chi connectivity index (χ1) is 9.87. The molecule has 0 spiro atoms. The molecule has 0 bridgehead atoms. The second-order valence-electron chi connectivity index (χ2n) is 5.18. The smallest absolute Gasteiger partial charge is 0.233 e. The fourth-order valence-corrected chi connectivity index (χ4v) is 3.23. The van der Waals surface area contributed by atoms with E-state index < -0.39 is 10.0 Å². The molecule has 2 aromatic rings. The van der Waals surface area contributed by atoms with Gasteiger partial charge in [-0.25, -0.2) is 8.42 Å². The maximum atomic E-state index is 12.2. The summed E-state index contributed by atoms with van der Waals surface area (Å²) in [6, 6.07) is 13.1. The summed E-state index contributed by atoms with van der Waals surface area (Å²) in [5.74, 6) is 0.0554. The van der Waals surface area contributed by atoms with E-state index in [1.54, 1.807) is 12.1 Å². The van der Waals surface area contributed by atoms with E-state index in [4.69, 9.17) is 5.73 Å². The van der Waals surface area contributed by atoms with E-state index in [1.165, 1.54) is 0 Å². The van der Waals surface area contributed by atoms with Gasteiger partial charge >= 0.3 is 0 Å². The third-order valence-electron chi connectivity index (χ3n) is 3.38. The number of sulfonamides is 1. The van der Waals surface area contributed by atoms with Crippen molar-refractivity contribution in [3.8, 4) is 0 Å². The van der Waals surface area contributed by atoms with Gasteiger partial charge < -0.3 is 5.73 Å². The first-order valence-electron chi connectivity index (χ1n) is 6.78. The van der Waals surface area contributed by atoms with Crippen LogP contribution in [0.3, 0.4) is 0 Å². The lowest BCUT2D eigenvalue weighted by atomic mass is 10.1. The Morgan fingerprint density at radius 1 is 1.05 bits per heavy atom. The molecule has 0 aromatic heterocycles. The third kappa shape index (κ3) is 4.23. The summed E-state index contributed by atoms with van der Waals surface area (Å²) in [7, 11) is -3.38. The lowest BCUT2D eigenvalue weighted by Gasteiger charge is -2.12. The molecular formula is C16H20N2O2S. The van der Waals surface area contributed by atoms with Crippen LogP contribution in [-0.4, -0.2) is 14.2 Å². The molecule has 0 fully saturated rings. The summed E-state index contributed by atoms with van der Waals surface area (Å²) in [6.07, 6.45) is 0.489. The summed E-state index contributed by atoms with van der Waals surface area (Å²) in [6.45, 7) is 3.70. The lowest BCUT2D eigenvalue weighted by Crippen LogP contribution is -2.19. The van der Waals surface area contributed by atoms with Crippen molar-refractivity contribution in [3.05, 3.63) is 59.2 Å². The number of aryl methyl sites for hydroxylation is 3. The van der Waals surface area contributed by atoms with Crippen LogP contribution in [0, 0.1) is 13.8 Å². The summed E-state index contributed by atoms with van der Waals surface area (Å²) in [4.78, 5) is 0. The number of hydrogen-bond donors (Lipinski definition) is 2. The molecule has 0 heterocycles. The Labute approximate surface area is 126 Å². The van der Waals surface area contributed by atoms with E-state index in [-0.39, 0.29) is 5.75 Å². The van der Waals surface area contributed by atoms with Gasteiger partial charge in [0.2, 0.25) is 10.0 Å². The van der Waals surface area contributed by atoms with E-state index in [2.05, 4.69) is 4.72 Å². The second-order valence-corrected chi connectivity index (χ2v) is 7.02. The molecule has 0 unspecified atom stereocenters. The molecule has 2 aromatic carbocycles. The Bertz CT molecular complexity index is 725. The molecule has 0 radical (unpaired) electrons. The first kappa shape index (κ1) is 15.4. The lowest BCUT2D eigenvalue weighted by molar-refractivity contribution is 0.600. The van der Waals surface area contributed by atoms with Crippen LogP contribution in [0.15, 0.2) is 42.5 Å². The Morgan fingerprint density at radius 3 is 2.38 bits per heavy atom. The molecule has 112 valence electrons. The van der Waals surface area contributed by atoms with Crippen LogP contribution in [0.4, 0.5) is 11.4 Å². The summed E-state index contributed by atoms with van der Waals surface area (Å²) in [5, 5.41) is 0. The van der Waals surface area contributed by atoms with Gasteiger partial charge in [-0.1, -0.05) is 30.3 Å². The van der Waals surface area contributed by atoms with Crippen molar-refractivity contribution in [2.45, 2.75) is 20.3 Å². The van der Waals surface area contributed by atoms with Gasteiger partial charge in [-0.2, -0.15) is 0 Å². The van der Waals surface area contributed by atoms with Crippen LogP contribution in [-0.2, 0) is 16.4 Å². The van der Waals surface area contributed by atoms with Gasteiger partial charge in [0.15, 0.2) is 0 Å². The molecule has 0 atom stereocenters. The zero-order valence-electron chi connectivity index (χ0n) is 12.3. The van der Waals surface area contributed by atoms with E-state index in [9.17, 15) is 8.42 Å². The minimum Gasteiger partial charge on any atom is -0.399 e. The van der Waals surface area contributed by atoms with Gasteiger partial charge in [0.1, 0.15) is 0 Å². The molecule has 3 N–H and O–H groups in total. The minimum absolute atomic E-state index is 0.0554. The van der Waals surface area contributed by atoms with Gasteiger partial charge in [0, 0.05) is 5.69 Å². The van der Waals surface area contributed by atoms with Crippen molar-refractivity contribution in [3.63, 3.8) is 0 Å². The molecule has 0 aliphatic rings. The molecule has 5 heteroatoms. The highest BCUT2D eigenvalue weighted by atomic mass is 32.2. The predicted molar refractivity (Wildman–Crippen MR) is 87.9 cm³/mol. The van der Waals surface area contributed by atoms with Crippen LogP contribution >= 0.6 is 0 Å². The van der Waals surface area contributed by atoms with Crippen molar-refractivity contribution < 1.29 is 8.42 Å². The average Bonchev–Trinajstić information content (AvgIpc) is 2.44. The Hall–Kier alpha value is -2.01. The molecule has 2 rings (SSSR count). The predicted octanol–water partition coefficient (Wildman–Crippen LogP) is 2.87. The Kier molecular flexibility index (Phi) is 4.53. The standard InChI is InChI=1S/C16H20N2O2S/c1-12-11-16(13(2)10-15(12)17)18-21(19,20)9-8-14-6-4-3-5-7-14/h3-7,10-11,18H,8-9,17H2,1-2H3. The number of anilines is 2. The monoisotopic (exact) mass is 304 g/mol. The van der Waals surface area contributed by atoms with Gasteiger partial charge in [0.25, 0.3) is 0 Å². The largest absolute Gasteiger partial charge is 0.399 e. The van der Waals surface area contributed by atoms with Crippen LogP contribution in [0.1, 0.15) is 16.7 Å². The van der Waals surface area contributed by atoms with Crippen LogP contribution in [0.25, 0.3) is 0 Å². The van der Waals surface area contributed by atoms with E-state index in [0.29, 0.717) is 17.8 Å². The summed E-state index contributed by atoms with van der Waals surface area (Å²) < 4.78 is 27.0. The van der Waals surface area contributed by atoms with Gasteiger partial charge in [-0.3, -0.25) is 4.72 Å². The zero-order valence-corrected chi connectivity index (χ0v) is 13.1. The minimum atomic E-state index is -3.38. The van der Waals surface area contributed by atoms with Crippen molar-refractivity contribution in [1.82, 2.24) is 0 Å². The normalized spacial score (nSPS) is 11.3. The third-order valence-corrected chi connectivity index (χ3v) is 4.65. The Morgan fingerprint density at radius 2 is 1.71 bits per heavy atom. The quantitative estimate of drug-likeness (QED) is 0.834. The fourth-order valence-electron chi connectivity index (χ4n) is 2.06. The maximum Gasteiger partial charge on any atom is 0.233 e. The number of nitrogen functional groups attached to an aromatic ring is 1. The molecule has 0 saturated heterocycles. The molecule has 4 nitrogen and oxygen atoms in total. The Balaban J connectivity index is 2.09. The fraction of sp³-hybridized carbons (Fsp3) is 0.250. The molecule has 0 aliphatic carbocycles.